The highest BCUT2D eigenvalue weighted by atomic mass is 35.5. The molecule has 9 heteroatoms. The Morgan fingerprint density at radius 3 is 2.50 bits per heavy atom. The Bertz CT molecular complexity index is 980. The molecule has 3 aromatic rings. The molecule has 0 aliphatic rings. The fourth-order valence-corrected chi connectivity index (χ4v) is 2.58. The lowest BCUT2D eigenvalue weighted by Crippen LogP contribution is -2.27. The van der Waals surface area contributed by atoms with Crippen molar-refractivity contribution in [2.24, 2.45) is 0 Å². The number of carbonyl (C=O) groups excluding carboxylic acids is 1. The van der Waals surface area contributed by atoms with Crippen molar-refractivity contribution in [1.82, 2.24) is 15.3 Å². The molecule has 3 rings (SSSR count). The summed E-state index contributed by atoms with van der Waals surface area (Å²) in [5, 5.41) is 5.49. The van der Waals surface area contributed by atoms with Gasteiger partial charge in [0.2, 0.25) is 5.95 Å². The van der Waals surface area contributed by atoms with E-state index in [1.807, 2.05) is 0 Å². The lowest BCUT2D eigenvalue weighted by atomic mass is 10.2. The van der Waals surface area contributed by atoms with E-state index in [0.29, 0.717) is 10.7 Å². The number of benzene rings is 2. The van der Waals surface area contributed by atoms with Crippen molar-refractivity contribution in [2.75, 3.05) is 5.32 Å². The largest absolute Gasteiger partial charge is 0.434 e. The minimum atomic E-state index is -4.83. The first kappa shape index (κ1) is 19.6. The van der Waals surface area contributed by atoms with Crippen LogP contribution in [0.25, 0.3) is 0 Å². The molecule has 0 radical (unpaired) electrons. The van der Waals surface area contributed by atoms with Crippen molar-refractivity contribution in [3.63, 3.8) is 0 Å². The summed E-state index contributed by atoms with van der Waals surface area (Å²) < 4.78 is 40.3. The van der Waals surface area contributed by atoms with Gasteiger partial charge in [-0.2, -0.15) is 13.2 Å². The number of halogens is 4. The highest BCUT2D eigenvalue weighted by Crippen LogP contribution is 2.31. The maximum absolute atomic E-state index is 13.4. The number of amides is 1. The van der Waals surface area contributed by atoms with Crippen LogP contribution in [0, 0.1) is 0 Å². The number of anilines is 2. The van der Waals surface area contributed by atoms with E-state index in [1.165, 1.54) is 6.07 Å². The van der Waals surface area contributed by atoms with E-state index in [2.05, 4.69) is 20.6 Å². The summed E-state index contributed by atoms with van der Waals surface area (Å²) in [6, 6.07) is 15.2. The van der Waals surface area contributed by atoms with Crippen LogP contribution in [-0.2, 0) is 12.7 Å². The summed E-state index contributed by atoms with van der Waals surface area (Å²) in [4.78, 5) is 19.6. The molecule has 0 fully saturated rings. The van der Waals surface area contributed by atoms with Crippen LogP contribution in [-0.4, -0.2) is 15.9 Å². The summed E-state index contributed by atoms with van der Waals surface area (Å²) in [7, 11) is 0. The van der Waals surface area contributed by atoms with Gasteiger partial charge in [0.05, 0.1) is 5.56 Å². The van der Waals surface area contributed by atoms with Gasteiger partial charge >= 0.3 is 6.18 Å². The number of aromatic nitrogens is 2. The van der Waals surface area contributed by atoms with Gasteiger partial charge in [0.1, 0.15) is 0 Å². The van der Waals surface area contributed by atoms with Gasteiger partial charge in [0, 0.05) is 23.5 Å². The van der Waals surface area contributed by atoms with Gasteiger partial charge in [0.15, 0.2) is 5.69 Å². The zero-order chi connectivity index (χ0) is 20.1. The fraction of sp³-hybridized carbons (Fsp3) is 0.105. The Hall–Kier alpha value is -3.13. The van der Waals surface area contributed by atoms with Crippen LogP contribution in [0.1, 0.15) is 21.6 Å². The second-order valence-corrected chi connectivity index (χ2v) is 6.19. The van der Waals surface area contributed by atoms with Crippen LogP contribution in [0.3, 0.4) is 0 Å². The molecule has 0 unspecified atom stereocenters. The molecule has 0 aliphatic carbocycles. The predicted octanol–water partition coefficient (Wildman–Crippen LogP) is 4.82. The minimum Gasteiger partial charge on any atom is -0.348 e. The van der Waals surface area contributed by atoms with Crippen molar-refractivity contribution in [3.05, 3.63) is 82.6 Å². The van der Waals surface area contributed by atoms with Crippen LogP contribution < -0.4 is 10.6 Å². The fourth-order valence-electron chi connectivity index (χ4n) is 2.39. The van der Waals surface area contributed by atoms with Gasteiger partial charge in [-0.15, -0.1) is 0 Å². The first-order valence-corrected chi connectivity index (χ1v) is 8.49. The van der Waals surface area contributed by atoms with E-state index in [4.69, 9.17) is 11.6 Å². The summed E-state index contributed by atoms with van der Waals surface area (Å²) in [6.45, 7) is 0.0828. The standard InChI is InChI=1S/C19H14ClF3N4O/c20-13-7-4-8-14(9-13)26-18-25-11-15(16(27-18)19(21,22)23)17(28)24-10-12-5-2-1-3-6-12/h1-9,11H,10H2,(H,24,28)(H,25,26,27). The van der Waals surface area contributed by atoms with Crippen molar-refractivity contribution in [1.29, 1.82) is 0 Å². The molecule has 2 aromatic carbocycles. The molecule has 0 spiro atoms. The van der Waals surface area contributed by atoms with E-state index in [1.54, 1.807) is 48.5 Å². The Labute approximate surface area is 163 Å². The molecule has 0 saturated heterocycles. The Morgan fingerprint density at radius 1 is 1.07 bits per heavy atom. The number of hydrogen-bond acceptors (Lipinski definition) is 4. The van der Waals surface area contributed by atoms with Gasteiger partial charge in [-0.1, -0.05) is 48.0 Å². The highest BCUT2D eigenvalue weighted by Gasteiger charge is 2.38. The number of nitrogens with one attached hydrogen (secondary N) is 2. The summed E-state index contributed by atoms with van der Waals surface area (Å²) >= 11 is 5.85. The zero-order valence-electron chi connectivity index (χ0n) is 14.3. The monoisotopic (exact) mass is 406 g/mol. The van der Waals surface area contributed by atoms with Crippen molar-refractivity contribution >= 4 is 29.1 Å². The number of nitrogens with zero attached hydrogens (tertiary/aromatic N) is 2. The number of rotatable bonds is 5. The van der Waals surface area contributed by atoms with Gasteiger partial charge in [0.25, 0.3) is 5.91 Å². The van der Waals surface area contributed by atoms with E-state index in [-0.39, 0.29) is 12.5 Å². The highest BCUT2D eigenvalue weighted by molar-refractivity contribution is 6.30. The summed E-state index contributed by atoms with van der Waals surface area (Å²) in [5.74, 6) is -1.21. The smallest absolute Gasteiger partial charge is 0.348 e. The van der Waals surface area contributed by atoms with Gasteiger partial charge < -0.3 is 10.6 Å². The van der Waals surface area contributed by atoms with Crippen molar-refractivity contribution in [2.45, 2.75) is 12.7 Å². The molecule has 1 amide bonds. The minimum absolute atomic E-state index is 0.0828. The first-order chi connectivity index (χ1) is 13.3. The van der Waals surface area contributed by atoms with E-state index in [9.17, 15) is 18.0 Å². The van der Waals surface area contributed by atoms with Crippen molar-refractivity contribution < 1.29 is 18.0 Å². The maximum Gasteiger partial charge on any atom is 0.434 e. The summed E-state index contributed by atoms with van der Waals surface area (Å²) in [6.07, 6.45) is -3.98. The Balaban J connectivity index is 1.83. The second kappa shape index (κ2) is 8.26. The molecule has 0 aliphatic heterocycles. The topological polar surface area (TPSA) is 66.9 Å². The van der Waals surface area contributed by atoms with Gasteiger partial charge in [-0.05, 0) is 23.8 Å². The van der Waals surface area contributed by atoms with Crippen molar-refractivity contribution in [3.8, 4) is 0 Å². The number of carbonyl (C=O) groups is 1. The normalized spacial score (nSPS) is 11.1. The third kappa shape index (κ3) is 4.98. The second-order valence-electron chi connectivity index (χ2n) is 5.76. The molecular formula is C19H14ClF3N4O. The molecule has 28 heavy (non-hydrogen) atoms. The zero-order valence-corrected chi connectivity index (χ0v) is 15.1. The number of alkyl halides is 3. The average Bonchev–Trinajstić information content (AvgIpc) is 2.66. The molecule has 2 N–H and O–H groups in total. The quantitative estimate of drug-likeness (QED) is 0.637. The van der Waals surface area contributed by atoms with Crippen LogP contribution in [0.4, 0.5) is 24.8 Å². The van der Waals surface area contributed by atoms with Crippen LogP contribution >= 0.6 is 11.6 Å². The first-order valence-electron chi connectivity index (χ1n) is 8.12. The molecular weight excluding hydrogens is 393 g/mol. The third-order valence-electron chi connectivity index (χ3n) is 3.68. The van der Waals surface area contributed by atoms with E-state index < -0.39 is 23.3 Å². The van der Waals surface area contributed by atoms with Gasteiger partial charge in [-0.25, -0.2) is 9.97 Å². The lowest BCUT2D eigenvalue weighted by Gasteiger charge is -2.13. The van der Waals surface area contributed by atoms with Gasteiger partial charge in [-0.3, -0.25) is 4.79 Å². The number of hydrogen-bond donors (Lipinski definition) is 2. The Morgan fingerprint density at radius 2 is 1.82 bits per heavy atom. The molecule has 1 aromatic heterocycles. The van der Waals surface area contributed by atoms with Crippen LogP contribution in [0.5, 0.6) is 0 Å². The third-order valence-corrected chi connectivity index (χ3v) is 3.91. The molecule has 144 valence electrons. The van der Waals surface area contributed by atoms with Crippen LogP contribution in [0.15, 0.2) is 60.8 Å². The summed E-state index contributed by atoms with van der Waals surface area (Å²) in [5.41, 5.74) is -0.802. The van der Waals surface area contributed by atoms with E-state index in [0.717, 1.165) is 11.8 Å². The van der Waals surface area contributed by atoms with E-state index >= 15 is 0 Å². The molecule has 0 saturated carbocycles. The maximum atomic E-state index is 13.4. The molecule has 5 nitrogen and oxygen atoms in total. The Kier molecular flexibility index (Phi) is 5.79. The molecule has 0 atom stereocenters. The molecule has 1 heterocycles. The predicted molar refractivity (Wildman–Crippen MR) is 99.4 cm³/mol. The SMILES string of the molecule is O=C(NCc1ccccc1)c1cnc(Nc2cccc(Cl)c2)nc1C(F)(F)F. The molecule has 0 bridgehead atoms. The average molecular weight is 407 g/mol. The lowest BCUT2D eigenvalue weighted by molar-refractivity contribution is -0.141. The van der Waals surface area contributed by atoms with Crippen LogP contribution in [0.2, 0.25) is 5.02 Å².